The Morgan fingerprint density at radius 3 is 2.69 bits per heavy atom. The lowest BCUT2D eigenvalue weighted by atomic mass is 10.2. The molecule has 2 N–H and O–H groups in total. The smallest absolute Gasteiger partial charge is 0.267 e. The predicted octanol–water partition coefficient (Wildman–Crippen LogP) is 3.10. The fourth-order valence-electron chi connectivity index (χ4n) is 0.860. The van der Waals surface area contributed by atoms with Gasteiger partial charge in [0.2, 0.25) is 0 Å². The minimum absolute atomic E-state index is 0.00637. The lowest BCUT2D eigenvalue weighted by Gasteiger charge is -2.08. The number of halogens is 4. The molecule has 0 unspecified atom stereocenters. The Morgan fingerprint density at radius 1 is 1.62 bits per heavy atom. The monoisotopic (exact) mass is 270 g/mol. The third kappa shape index (κ3) is 2.08. The maximum atomic E-state index is 12.3. The summed E-state index contributed by atoms with van der Waals surface area (Å²) in [5.41, 5.74) is 5.59. The van der Waals surface area contributed by atoms with Crippen LogP contribution in [0.15, 0.2) is 10.8 Å². The predicted molar refractivity (Wildman–Crippen MR) is 50.9 cm³/mol. The second-order valence-electron chi connectivity index (χ2n) is 2.33. The van der Waals surface area contributed by atoms with Crippen molar-refractivity contribution >= 4 is 33.2 Å². The van der Waals surface area contributed by atoms with Gasteiger partial charge in [0.15, 0.2) is 0 Å². The van der Waals surface area contributed by atoms with Crippen LogP contribution < -0.4 is 5.73 Å². The van der Waals surface area contributed by atoms with Crippen LogP contribution in [0.1, 0.15) is 17.6 Å². The normalized spacial score (nSPS) is 10.8. The Bertz CT molecular complexity index is 320. The number of rotatable bonds is 2. The van der Waals surface area contributed by atoms with Gasteiger partial charge >= 0.3 is 0 Å². The molecule has 0 saturated carbocycles. The number of alkyl halides is 3. The Kier molecular flexibility index (Phi) is 3.44. The zero-order valence-corrected chi connectivity index (χ0v) is 8.74. The maximum Gasteiger partial charge on any atom is 0.267 e. The molecule has 0 spiro atoms. The molecule has 0 bridgehead atoms. The summed E-state index contributed by atoms with van der Waals surface area (Å²) in [7, 11) is 0. The van der Waals surface area contributed by atoms with Gasteiger partial charge in [0, 0.05) is 17.4 Å². The van der Waals surface area contributed by atoms with Crippen LogP contribution in [-0.4, -0.2) is 4.98 Å². The highest BCUT2D eigenvalue weighted by molar-refractivity contribution is 9.10. The minimum Gasteiger partial charge on any atom is -0.398 e. The standard InChI is InChI=1S/C7H6BrClF2N2/c8-6-3(1-9)5(12)4(2-13-6)7(10)11/h2,7H,1H2,(H2,12,13). The lowest BCUT2D eigenvalue weighted by Crippen LogP contribution is -2.01. The van der Waals surface area contributed by atoms with E-state index in [1.54, 1.807) is 0 Å². The van der Waals surface area contributed by atoms with Gasteiger partial charge in [0.25, 0.3) is 6.43 Å². The van der Waals surface area contributed by atoms with Gasteiger partial charge in [-0.05, 0) is 15.9 Å². The first-order valence-corrected chi connectivity index (χ1v) is 4.67. The zero-order valence-electron chi connectivity index (χ0n) is 6.40. The quantitative estimate of drug-likeness (QED) is 0.663. The number of nitrogen functional groups attached to an aromatic ring is 1. The molecule has 1 aromatic heterocycles. The summed E-state index contributed by atoms with van der Waals surface area (Å²) in [5, 5.41) is 0. The topological polar surface area (TPSA) is 38.9 Å². The molecule has 0 aliphatic heterocycles. The van der Waals surface area contributed by atoms with E-state index < -0.39 is 6.43 Å². The van der Waals surface area contributed by atoms with Crippen molar-refractivity contribution in [3.05, 3.63) is 21.9 Å². The van der Waals surface area contributed by atoms with E-state index in [0.717, 1.165) is 6.20 Å². The molecule has 0 atom stereocenters. The van der Waals surface area contributed by atoms with Gasteiger partial charge < -0.3 is 5.73 Å². The SMILES string of the molecule is Nc1c(C(F)F)cnc(Br)c1CCl. The fraction of sp³-hybridized carbons (Fsp3) is 0.286. The van der Waals surface area contributed by atoms with Crippen LogP contribution in [0.5, 0.6) is 0 Å². The molecular weight excluding hydrogens is 265 g/mol. The Morgan fingerprint density at radius 2 is 2.23 bits per heavy atom. The molecule has 0 amide bonds. The third-order valence-corrected chi connectivity index (χ3v) is 2.52. The molecule has 0 saturated heterocycles. The second kappa shape index (κ2) is 4.19. The highest BCUT2D eigenvalue weighted by atomic mass is 79.9. The van der Waals surface area contributed by atoms with Gasteiger partial charge in [-0.1, -0.05) is 0 Å². The van der Waals surface area contributed by atoms with Gasteiger partial charge in [0.1, 0.15) is 4.60 Å². The van der Waals surface area contributed by atoms with Gasteiger partial charge in [-0.2, -0.15) is 0 Å². The first-order valence-electron chi connectivity index (χ1n) is 3.34. The molecule has 0 aliphatic rings. The molecule has 1 aromatic rings. The van der Waals surface area contributed by atoms with Crippen LogP contribution in [0.25, 0.3) is 0 Å². The maximum absolute atomic E-state index is 12.3. The van der Waals surface area contributed by atoms with Crippen molar-refractivity contribution < 1.29 is 8.78 Å². The van der Waals surface area contributed by atoms with E-state index in [0.29, 0.717) is 10.2 Å². The summed E-state index contributed by atoms with van der Waals surface area (Å²) in [6.07, 6.45) is -1.58. The Hall–Kier alpha value is -0.420. The van der Waals surface area contributed by atoms with E-state index in [-0.39, 0.29) is 17.1 Å². The van der Waals surface area contributed by atoms with Crippen molar-refractivity contribution in [3.63, 3.8) is 0 Å². The molecule has 1 rings (SSSR count). The van der Waals surface area contributed by atoms with Crippen molar-refractivity contribution in [1.82, 2.24) is 4.98 Å². The van der Waals surface area contributed by atoms with Crippen molar-refractivity contribution in [2.75, 3.05) is 5.73 Å². The van der Waals surface area contributed by atoms with E-state index in [2.05, 4.69) is 20.9 Å². The summed E-state index contributed by atoms with van der Waals surface area (Å²) < 4.78 is 25.0. The van der Waals surface area contributed by atoms with Crippen LogP contribution >= 0.6 is 27.5 Å². The molecular formula is C7H6BrClF2N2. The number of hydrogen-bond acceptors (Lipinski definition) is 2. The van der Waals surface area contributed by atoms with Crippen molar-refractivity contribution in [2.24, 2.45) is 0 Å². The first kappa shape index (κ1) is 10.7. The van der Waals surface area contributed by atoms with Crippen molar-refractivity contribution in [2.45, 2.75) is 12.3 Å². The van der Waals surface area contributed by atoms with Gasteiger partial charge in [-0.3, -0.25) is 0 Å². The van der Waals surface area contributed by atoms with E-state index in [9.17, 15) is 8.78 Å². The number of pyridine rings is 1. The summed E-state index contributed by atoms with van der Waals surface area (Å²) in [5.74, 6) is 0.0555. The summed E-state index contributed by atoms with van der Waals surface area (Å²) >= 11 is 8.59. The molecule has 0 aromatic carbocycles. The van der Waals surface area contributed by atoms with E-state index in [1.165, 1.54) is 0 Å². The number of nitrogens with zero attached hydrogens (tertiary/aromatic N) is 1. The zero-order chi connectivity index (χ0) is 10.0. The average molecular weight is 271 g/mol. The fourth-order valence-corrected chi connectivity index (χ4v) is 1.75. The van der Waals surface area contributed by atoms with Crippen molar-refractivity contribution in [3.8, 4) is 0 Å². The number of hydrogen-bond donors (Lipinski definition) is 1. The van der Waals surface area contributed by atoms with E-state index in [4.69, 9.17) is 17.3 Å². The van der Waals surface area contributed by atoms with Crippen LogP contribution in [0.3, 0.4) is 0 Å². The summed E-state index contributed by atoms with van der Waals surface area (Å²) in [4.78, 5) is 3.70. The average Bonchev–Trinajstić information content (AvgIpc) is 2.04. The molecule has 0 radical (unpaired) electrons. The number of aromatic nitrogens is 1. The molecule has 0 aliphatic carbocycles. The Balaban J connectivity index is 3.27. The third-order valence-electron chi connectivity index (χ3n) is 1.57. The van der Waals surface area contributed by atoms with Gasteiger partial charge in [-0.15, -0.1) is 11.6 Å². The van der Waals surface area contributed by atoms with Crippen molar-refractivity contribution in [1.29, 1.82) is 0 Å². The first-order chi connectivity index (χ1) is 6.07. The summed E-state index contributed by atoms with van der Waals surface area (Å²) in [6, 6.07) is 0. The minimum atomic E-state index is -2.62. The highest BCUT2D eigenvalue weighted by Crippen LogP contribution is 2.31. The van der Waals surface area contributed by atoms with Crippen LogP contribution in [-0.2, 0) is 5.88 Å². The molecule has 72 valence electrons. The van der Waals surface area contributed by atoms with Gasteiger partial charge in [-0.25, -0.2) is 13.8 Å². The van der Waals surface area contributed by atoms with E-state index >= 15 is 0 Å². The molecule has 6 heteroatoms. The number of anilines is 1. The molecule has 0 fully saturated rings. The van der Waals surface area contributed by atoms with Crippen LogP contribution in [0.2, 0.25) is 0 Å². The second-order valence-corrected chi connectivity index (χ2v) is 3.35. The van der Waals surface area contributed by atoms with Gasteiger partial charge in [0.05, 0.1) is 11.4 Å². The highest BCUT2D eigenvalue weighted by Gasteiger charge is 2.16. The lowest BCUT2D eigenvalue weighted by molar-refractivity contribution is 0.151. The van der Waals surface area contributed by atoms with E-state index in [1.807, 2.05) is 0 Å². The van der Waals surface area contributed by atoms with Crippen LogP contribution in [0, 0.1) is 0 Å². The Labute approximate surface area is 87.2 Å². The molecule has 1 heterocycles. The summed E-state index contributed by atoms with van der Waals surface area (Å²) in [6.45, 7) is 0. The number of nitrogens with two attached hydrogens (primary N) is 1. The molecule has 2 nitrogen and oxygen atoms in total. The molecule has 13 heavy (non-hydrogen) atoms. The van der Waals surface area contributed by atoms with Crippen LogP contribution in [0.4, 0.5) is 14.5 Å². The largest absolute Gasteiger partial charge is 0.398 e.